The molecule has 0 aliphatic rings. The average Bonchev–Trinajstić information content (AvgIpc) is 2.70. The van der Waals surface area contributed by atoms with Crippen molar-refractivity contribution >= 4 is 17.4 Å². The number of hydrogen-bond acceptors (Lipinski definition) is 2. The van der Waals surface area contributed by atoms with Gasteiger partial charge in [-0.1, -0.05) is 11.6 Å². The molecule has 0 unspecified atom stereocenters. The summed E-state index contributed by atoms with van der Waals surface area (Å²) >= 11 is 5.85. The van der Waals surface area contributed by atoms with Crippen LogP contribution in [0.1, 0.15) is 5.56 Å². The predicted molar refractivity (Wildman–Crippen MR) is 59.6 cm³/mol. The predicted octanol–water partition coefficient (Wildman–Crippen LogP) is 1.81. The molecule has 0 radical (unpaired) electrons. The Morgan fingerprint density at radius 3 is 2.87 bits per heavy atom. The van der Waals surface area contributed by atoms with E-state index in [1.54, 1.807) is 41.5 Å². The van der Waals surface area contributed by atoms with E-state index in [9.17, 15) is 0 Å². The Kier molecular flexibility index (Phi) is 2.43. The van der Waals surface area contributed by atoms with Crippen LogP contribution in [0.3, 0.4) is 0 Å². The summed E-state index contributed by atoms with van der Waals surface area (Å²) in [4.78, 5) is 3.94. The second-order valence-electron chi connectivity index (χ2n) is 3.05. The molecule has 0 amide bonds. The molecule has 0 atom stereocenters. The molecule has 0 aliphatic heterocycles. The maximum atomic E-state index is 7.46. The van der Waals surface area contributed by atoms with Gasteiger partial charge in [-0.05, 0) is 18.2 Å². The third kappa shape index (κ3) is 1.85. The molecule has 0 saturated heterocycles. The molecular formula is C10H9ClN4. The number of benzene rings is 1. The molecule has 0 aliphatic carbocycles. The van der Waals surface area contributed by atoms with Crippen LogP contribution in [0.2, 0.25) is 5.02 Å². The standard InChI is InChI=1S/C10H9ClN4/c11-7-1-2-9(8(5-7)10(12)13)15-4-3-14-6-15/h1-6H,(H3,12,13). The minimum atomic E-state index is -0.0128. The third-order valence-corrected chi connectivity index (χ3v) is 2.27. The van der Waals surface area contributed by atoms with Crippen molar-refractivity contribution in [2.75, 3.05) is 0 Å². The Bertz CT molecular complexity index is 490. The fourth-order valence-corrected chi connectivity index (χ4v) is 1.52. The number of aromatic nitrogens is 2. The third-order valence-electron chi connectivity index (χ3n) is 2.03. The average molecular weight is 221 g/mol. The van der Waals surface area contributed by atoms with Gasteiger partial charge in [0, 0.05) is 23.0 Å². The van der Waals surface area contributed by atoms with Gasteiger partial charge in [0.1, 0.15) is 5.84 Å². The van der Waals surface area contributed by atoms with Crippen LogP contribution >= 0.6 is 11.6 Å². The molecule has 1 heterocycles. The highest BCUT2D eigenvalue weighted by Crippen LogP contribution is 2.19. The van der Waals surface area contributed by atoms with Crippen LogP contribution in [-0.2, 0) is 0 Å². The molecule has 0 saturated carbocycles. The minimum Gasteiger partial charge on any atom is -0.384 e. The van der Waals surface area contributed by atoms with Gasteiger partial charge in [0.25, 0.3) is 0 Å². The SMILES string of the molecule is N=C(N)c1cc(Cl)ccc1-n1ccnc1. The van der Waals surface area contributed by atoms with Crippen LogP contribution in [-0.4, -0.2) is 15.4 Å². The summed E-state index contributed by atoms with van der Waals surface area (Å²) < 4.78 is 1.78. The molecule has 5 heteroatoms. The molecule has 15 heavy (non-hydrogen) atoms. The summed E-state index contributed by atoms with van der Waals surface area (Å²) in [6.07, 6.45) is 5.10. The lowest BCUT2D eigenvalue weighted by Gasteiger charge is -2.08. The normalized spacial score (nSPS) is 10.2. The summed E-state index contributed by atoms with van der Waals surface area (Å²) in [5.41, 5.74) is 6.87. The van der Waals surface area contributed by atoms with E-state index in [0.29, 0.717) is 10.6 Å². The molecule has 2 aromatic rings. The van der Waals surface area contributed by atoms with Crippen LogP contribution < -0.4 is 5.73 Å². The molecule has 0 bridgehead atoms. The zero-order chi connectivity index (χ0) is 10.8. The smallest absolute Gasteiger partial charge is 0.124 e. The zero-order valence-corrected chi connectivity index (χ0v) is 8.57. The van der Waals surface area contributed by atoms with E-state index in [1.807, 2.05) is 0 Å². The first-order valence-corrected chi connectivity index (χ1v) is 4.68. The number of nitrogens with zero attached hydrogens (tertiary/aromatic N) is 2. The fourth-order valence-electron chi connectivity index (χ4n) is 1.35. The largest absolute Gasteiger partial charge is 0.384 e. The first-order chi connectivity index (χ1) is 7.18. The van der Waals surface area contributed by atoms with Gasteiger partial charge in [-0.25, -0.2) is 4.98 Å². The number of imidazole rings is 1. The van der Waals surface area contributed by atoms with Crippen molar-refractivity contribution in [3.05, 3.63) is 47.5 Å². The number of nitrogens with one attached hydrogen (secondary N) is 1. The molecule has 0 fully saturated rings. The van der Waals surface area contributed by atoms with E-state index in [0.717, 1.165) is 5.69 Å². The van der Waals surface area contributed by atoms with Crippen molar-refractivity contribution in [2.24, 2.45) is 5.73 Å². The zero-order valence-electron chi connectivity index (χ0n) is 7.81. The minimum absolute atomic E-state index is 0.0128. The van der Waals surface area contributed by atoms with Crippen LogP contribution in [0.15, 0.2) is 36.9 Å². The van der Waals surface area contributed by atoms with E-state index in [4.69, 9.17) is 22.7 Å². The van der Waals surface area contributed by atoms with Gasteiger partial charge in [0.15, 0.2) is 0 Å². The van der Waals surface area contributed by atoms with Gasteiger partial charge in [0.2, 0.25) is 0 Å². The van der Waals surface area contributed by atoms with Gasteiger partial charge in [-0.3, -0.25) is 5.41 Å². The van der Waals surface area contributed by atoms with Crippen molar-refractivity contribution in [1.29, 1.82) is 5.41 Å². The quantitative estimate of drug-likeness (QED) is 0.599. The second kappa shape index (κ2) is 3.74. The van der Waals surface area contributed by atoms with E-state index < -0.39 is 0 Å². The van der Waals surface area contributed by atoms with Crippen LogP contribution in [0.25, 0.3) is 5.69 Å². The number of nitrogen functional groups attached to an aromatic ring is 1. The summed E-state index contributed by atoms with van der Waals surface area (Å²) in [5, 5.41) is 8.02. The summed E-state index contributed by atoms with van der Waals surface area (Å²) in [7, 11) is 0. The topological polar surface area (TPSA) is 67.7 Å². The Hall–Kier alpha value is -1.81. The van der Waals surface area contributed by atoms with E-state index >= 15 is 0 Å². The number of halogens is 1. The molecule has 1 aromatic carbocycles. The molecule has 0 spiro atoms. The molecule has 2 rings (SSSR count). The van der Waals surface area contributed by atoms with Crippen molar-refractivity contribution in [3.63, 3.8) is 0 Å². The molecule has 76 valence electrons. The Morgan fingerprint density at radius 1 is 1.47 bits per heavy atom. The fraction of sp³-hybridized carbons (Fsp3) is 0. The van der Waals surface area contributed by atoms with Crippen LogP contribution in [0.4, 0.5) is 0 Å². The lowest BCUT2D eigenvalue weighted by atomic mass is 10.1. The number of rotatable bonds is 2. The maximum Gasteiger partial charge on any atom is 0.124 e. The Balaban J connectivity index is 2.61. The summed E-state index contributed by atoms with van der Waals surface area (Å²) in [6, 6.07) is 5.23. The highest BCUT2D eigenvalue weighted by atomic mass is 35.5. The number of nitrogens with two attached hydrogens (primary N) is 1. The van der Waals surface area contributed by atoms with Gasteiger partial charge in [0.05, 0.1) is 12.0 Å². The first-order valence-electron chi connectivity index (χ1n) is 4.31. The van der Waals surface area contributed by atoms with Crippen molar-refractivity contribution in [2.45, 2.75) is 0 Å². The number of hydrogen-bond donors (Lipinski definition) is 2. The van der Waals surface area contributed by atoms with Gasteiger partial charge >= 0.3 is 0 Å². The van der Waals surface area contributed by atoms with E-state index in [-0.39, 0.29) is 5.84 Å². The van der Waals surface area contributed by atoms with Crippen molar-refractivity contribution in [3.8, 4) is 5.69 Å². The van der Waals surface area contributed by atoms with Gasteiger partial charge in [-0.15, -0.1) is 0 Å². The van der Waals surface area contributed by atoms with E-state index in [1.165, 1.54) is 0 Å². The van der Waals surface area contributed by atoms with Crippen molar-refractivity contribution in [1.82, 2.24) is 9.55 Å². The molecule has 4 nitrogen and oxygen atoms in total. The Morgan fingerprint density at radius 2 is 2.27 bits per heavy atom. The molecule has 3 N–H and O–H groups in total. The summed E-state index contributed by atoms with van der Waals surface area (Å²) in [5.74, 6) is -0.0128. The molecular weight excluding hydrogens is 212 g/mol. The molecule has 1 aromatic heterocycles. The van der Waals surface area contributed by atoms with Crippen molar-refractivity contribution < 1.29 is 0 Å². The maximum absolute atomic E-state index is 7.46. The van der Waals surface area contributed by atoms with E-state index in [2.05, 4.69) is 4.98 Å². The Labute approximate surface area is 91.8 Å². The van der Waals surface area contributed by atoms with Gasteiger partial charge < -0.3 is 10.3 Å². The highest BCUT2D eigenvalue weighted by Gasteiger charge is 2.07. The van der Waals surface area contributed by atoms with Crippen LogP contribution in [0, 0.1) is 5.41 Å². The monoisotopic (exact) mass is 220 g/mol. The number of amidine groups is 1. The first kappa shape index (κ1) is 9.73. The lowest BCUT2D eigenvalue weighted by molar-refractivity contribution is 1.05. The van der Waals surface area contributed by atoms with Crippen LogP contribution in [0.5, 0.6) is 0 Å². The van der Waals surface area contributed by atoms with Gasteiger partial charge in [-0.2, -0.15) is 0 Å². The lowest BCUT2D eigenvalue weighted by Crippen LogP contribution is -2.14. The highest BCUT2D eigenvalue weighted by molar-refractivity contribution is 6.31. The summed E-state index contributed by atoms with van der Waals surface area (Å²) in [6.45, 7) is 0. The second-order valence-corrected chi connectivity index (χ2v) is 3.48.